The lowest BCUT2D eigenvalue weighted by Crippen LogP contribution is -2.18. The molecule has 6 nitrogen and oxygen atoms in total. The minimum Gasteiger partial charge on any atom is -0.394 e. The summed E-state index contributed by atoms with van der Waals surface area (Å²) in [5.41, 5.74) is 0.592. The normalized spacial score (nSPS) is 14.5. The minimum absolute atomic E-state index is 0.224. The lowest BCUT2D eigenvalue weighted by Gasteiger charge is -2.12. The number of H-pyrrole nitrogens is 1. The van der Waals surface area contributed by atoms with Gasteiger partial charge in [0.15, 0.2) is 5.52 Å². The van der Waals surface area contributed by atoms with Crippen molar-refractivity contribution < 1.29 is 18.3 Å². The van der Waals surface area contributed by atoms with Crippen molar-refractivity contribution in [1.82, 2.24) is 19.7 Å². The average molecular weight is 380 g/mol. The molecule has 0 bridgehead atoms. The van der Waals surface area contributed by atoms with Gasteiger partial charge in [0.1, 0.15) is 11.3 Å². The third-order valence-electron chi connectivity index (χ3n) is 4.53. The van der Waals surface area contributed by atoms with Crippen molar-refractivity contribution in [3.63, 3.8) is 0 Å². The molecule has 9 heteroatoms. The first kappa shape index (κ1) is 19.1. The van der Waals surface area contributed by atoms with E-state index in [1.165, 1.54) is 16.8 Å². The van der Waals surface area contributed by atoms with Crippen LogP contribution in [0.4, 0.5) is 13.2 Å². The smallest absolute Gasteiger partial charge is 0.394 e. The van der Waals surface area contributed by atoms with Crippen molar-refractivity contribution >= 4 is 11.0 Å². The number of nitrogens with one attached hydrogen (secondary N) is 1. The second-order valence-corrected chi connectivity index (χ2v) is 6.55. The van der Waals surface area contributed by atoms with Gasteiger partial charge < -0.3 is 10.1 Å². The number of hydrogen-bond acceptors (Lipinski definition) is 4. The number of aromatic nitrogens is 4. The predicted molar refractivity (Wildman–Crippen MR) is 93.6 cm³/mol. The summed E-state index contributed by atoms with van der Waals surface area (Å²) in [6, 6.07) is 4.38. The number of aromatic amines is 1. The van der Waals surface area contributed by atoms with Crippen LogP contribution in [0.3, 0.4) is 0 Å². The number of fused-ring (bicyclic) bond motifs is 1. The average Bonchev–Trinajstić information content (AvgIpc) is 2.99. The zero-order valence-electron chi connectivity index (χ0n) is 15.0. The van der Waals surface area contributed by atoms with E-state index in [1.807, 2.05) is 0 Å². The molecule has 0 spiro atoms. The van der Waals surface area contributed by atoms with Crippen LogP contribution in [0.15, 0.2) is 29.1 Å². The Kier molecular flexibility index (Phi) is 4.81. The van der Waals surface area contributed by atoms with E-state index in [-0.39, 0.29) is 17.7 Å². The summed E-state index contributed by atoms with van der Waals surface area (Å²) in [5, 5.41) is 13.9. The van der Waals surface area contributed by atoms with Crippen LogP contribution in [0.5, 0.6) is 0 Å². The fourth-order valence-corrected chi connectivity index (χ4v) is 2.99. The molecule has 144 valence electrons. The summed E-state index contributed by atoms with van der Waals surface area (Å²) in [6.07, 6.45) is -4.40. The molecule has 0 saturated carbocycles. The van der Waals surface area contributed by atoms with E-state index < -0.39 is 23.7 Å². The first-order valence-corrected chi connectivity index (χ1v) is 8.40. The molecule has 0 aliphatic heterocycles. The Labute approximate surface area is 152 Å². The number of nitrogens with zero attached hydrogens (tertiary/aromatic N) is 3. The lowest BCUT2D eigenvalue weighted by molar-refractivity contribution is -0.137. The zero-order chi connectivity index (χ0) is 19.9. The van der Waals surface area contributed by atoms with Gasteiger partial charge in [-0.1, -0.05) is 19.1 Å². The van der Waals surface area contributed by atoms with Crippen molar-refractivity contribution in [1.29, 1.82) is 0 Å². The quantitative estimate of drug-likeness (QED) is 0.728. The van der Waals surface area contributed by atoms with Gasteiger partial charge in [-0.3, -0.25) is 9.48 Å². The summed E-state index contributed by atoms with van der Waals surface area (Å²) in [4.78, 5) is 19.4. The SMILES string of the molecule is Cc1nc2c([C@@H](C)c3ccc(C(F)(F)F)cc3)nn([C@H](C)CO)c2c(=O)[nH]1. The van der Waals surface area contributed by atoms with Crippen LogP contribution >= 0.6 is 0 Å². The highest BCUT2D eigenvalue weighted by Gasteiger charge is 2.30. The molecule has 2 heterocycles. The zero-order valence-corrected chi connectivity index (χ0v) is 15.0. The Morgan fingerprint density at radius 2 is 1.85 bits per heavy atom. The summed E-state index contributed by atoms with van der Waals surface area (Å²) in [6.45, 7) is 4.91. The van der Waals surface area contributed by atoms with Crippen molar-refractivity contribution in [2.75, 3.05) is 6.61 Å². The molecule has 2 aromatic heterocycles. The van der Waals surface area contributed by atoms with Crippen LogP contribution in [-0.2, 0) is 6.18 Å². The Balaban J connectivity index is 2.14. The number of aryl methyl sites for hydroxylation is 1. The highest BCUT2D eigenvalue weighted by molar-refractivity contribution is 5.78. The van der Waals surface area contributed by atoms with Gasteiger partial charge in [-0.25, -0.2) is 4.98 Å². The summed E-state index contributed by atoms with van der Waals surface area (Å²) in [5.74, 6) is 0.0141. The highest BCUT2D eigenvalue weighted by Crippen LogP contribution is 2.33. The van der Waals surface area contributed by atoms with Crippen LogP contribution in [-0.4, -0.2) is 31.5 Å². The van der Waals surface area contributed by atoms with Gasteiger partial charge in [-0.05, 0) is 31.5 Å². The molecule has 0 radical (unpaired) electrons. The fourth-order valence-electron chi connectivity index (χ4n) is 2.99. The van der Waals surface area contributed by atoms with Crippen molar-refractivity contribution in [2.45, 2.75) is 38.9 Å². The first-order valence-electron chi connectivity index (χ1n) is 8.40. The maximum atomic E-state index is 12.8. The number of rotatable bonds is 4. The first-order chi connectivity index (χ1) is 12.6. The van der Waals surface area contributed by atoms with E-state index in [2.05, 4.69) is 15.1 Å². The molecular weight excluding hydrogens is 361 g/mol. The monoisotopic (exact) mass is 380 g/mol. The number of halogens is 3. The highest BCUT2D eigenvalue weighted by atomic mass is 19.4. The maximum absolute atomic E-state index is 12.8. The molecule has 3 rings (SSSR count). The van der Waals surface area contributed by atoms with Gasteiger partial charge in [-0.2, -0.15) is 18.3 Å². The molecule has 0 saturated heterocycles. The van der Waals surface area contributed by atoms with Gasteiger partial charge in [0.25, 0.3) is 5.56 Å². The van der Waals surface area contributed by atoms with E-state index in [9.17, 15) is 23.1 Å². The lowest BCUT2D eigenvalue weighted by atomic mass is 9.96. The molecular formula is C18H19F3N4O2. The van der Waals surface area contributed by atoms with E-state index in [1.54, 1.807) is 20.8 Å². The van der Waals surface area contributed by atoms with Gasteiger partial charge in [0.05, 0.1) is 23.9 Å². The predicted octanol–water partition coefficient (Wildman–Crippen LogP) is 3.15. The van der Waals surface area contributed by atoms with Crippen LogP contribution in [0.2, 0.25) is 0 Å². The number of benzene rings is 1. The Bertz CT molecular complexity index is 1020. The van der Waals surface area contributed by atoms with Crippen LogP contribution in [0.25, 0.3) is 11.0 Å². The van der Waals surface area contributed by atoms with Crippen LogP contribution < -0.4 is 5.56 Å². The second-order valence-electron chi connectivity index (χ2n) is 6.55. The van der Waals surface area contributed by atoms with E-state index in [0.29, 0.717) is 22.6 Å². The second kappa shape index (κ2) is 6.80. The molecule has 0 aliphatic carbocycles. The van der Waals surface area contributed by atoms with Crippen molar-refractivity contribution in [3.8, 4) is 0 Å². The third-order valence-corrected chi connectivity index (χ3v) is 4.53. The fraction of sp³-hybridized carbons (Fsp3) is 0.389. The maximum Gasteiger partial charge on any atom is 0.416 e. The molecule has 0 amide bonds. The summed E-state index contributed by atoms with van der Waals surface area (Å²) < 4.78 is 39.8. The number of hydrogen-bond donors (Lipinski definition) is 2. The molecule has 0 fully saturated rings. The van der Waals surface area contributed by atoms with E-state index in [4.69, 9.17) is 0 Å². The van der Waals surface area contributed by atoms with Gasteiger partial charge >= 0.3 is 6.18 Å². The number of alkyl halides is 3. The van der Waals surface area contributed by atoms with E-state index >= 15 is 0 Å². The topological polar surface area (TPSA) is 83.8 Å². The van der Waals surface area contributed by atoms with Gasteiger partial charge in [0, 0.05) is 5.92 Å². The van der Waals surface area contributed by atoms with Crippen LogP contribution in [0, 0.1) is 6.92 Å². The Morgan fingerprint density at radius 3 is 2.41 bits per heavy atom. The molecule has 3 aromatic rings. The molecule has 0 aliphatic rings. The number of aliphatic hydroxyl groups is 1. The molecule has 27 heavy (non-hydrogen) atoms. The largest absolute Gasteiger partial charge is 0.416 e. The molecule has 1 aromatic carbocycles. The summed E-state index contributed by atoms with van der Waals surface area (Å²) in [7, 11) is 0. The molecule has 0 unspecified atom stereocenters. The summed E-state index contributed by atoms with van der Waals surface area (Å²) >= 11 is 0. The molecule has 2 atom stereocenters. The van der Waals surface area contributed by atoms with Crippen molar-refractivity contribution in [2.24, 2.45) is 0 Å². The minimum atomic E-state index is -4.40. The molecule has 2 N–H and O–H groups in total. The van der Waals surface area contributed by atoms with Gasteiger partial charge in [-0.15, -0.1) is 0 Å². The Morgan fingerprint density at radius 1 is 1.22 bits per heavy atom. The van der Waals surface area contributed by atoms with Crippen LogP contribution in [0.1, 0.15) is 48.5 Å². The van der Waals surface area contributed by atoms with Crippen molar-refractivity contribution in [3.05, 3.63) is 57.3 Å². The third kappa shape index (κ3) is 3.46. The van der Waals surface area contributed by atoms with Gasteiger partial charge in [0.2, 0.25) is 0 Å². The van der Waals surface area contributed by atoms with E-state index in [0.717, 1.165) is 12.1 Å². The standard InChI is InChI=1S/C18H19F3N4O2/c1-9(8-26)25-16-15(22-11(3)23-17(16)27)14(24-25)10(2)12-4-6-13(7-5-12)18(19,20)21/h4-7,9-10,26H,8H2,1-3H3,(H,22,23,27)/t9-,10+/m1/s1. The Hall–Kier alpha value is -2.68. The number of aliphatic hydroxyl groups excluding tert-OH is 1.